The van der Waals surface area contributed by atoms with E-state index < -0.39 is 0 Å². The van der Waals surface area contributed by atoms with Gasteiger partial charge in [0.2, 0.25) is 11.8 Å². The molecule has 1 N–H and O–H groups in total. The van der Waals surface area contributed by atoms with Crippen molar-refractivity contribution in [2.45, 2.75) is 13.0 Å². The Balaban J connectivity index is 1.54. The van der Waals surface area contributed by atoms with Crippen molar-refractivity contribution in [1.29, 1.82) is 0 Å². The fourth-order valence-corrected chi connectivity index (χ4v) is 3.66. The van der Waals surface area contributed by atoms with Crippen LogP contribution in [-0.2, 0) is 16.1 Å². The van der Waals surface area contributed by atoms with E-state index in [1.165, 1.54) is 17.0 Å². The molecule has 0 saturated heterocycles. The molecule has 8 heteroatoms. The van der Waals surface area contributed by atoms with Gasteiger partial charge in [0, 0.05) is 17.2 Å². The number of hydrogen-bond acceptors (Lipinski definition) is 4. The predicted molar refractivity (Wildman–Crippen MR) is 120 cm³/mol. The minimum Gasteiger partial charge on any atom is -0.350 e. The highest BCUT2D eigenvalue weighted by Gasteiger charge is 2.27. The molecule has 31 heavy (non-hydrogen) atoms. The summed E-state index contributed by atoms with van der Waals surface area (Å²) in [5.41, 5.74) is 2.55. The van der Waals surface area contributed by atoms with E-state index >= 15 is 0 Å². The molecule has 0 saturated carbocycles. The zero-order chi connectivity index (χ0) is 21.8. The molecule has 156 valence electrons. The Bertz CT molecular complexity index is 1160. The molecule has 0 radical (unpaired) electrons. The second kappa shape index (κ2) is 9.18. The van der Waals surface area contributed by atoms with E-state index in [1.807, 2.05) is 24.3 Å². The number of pyridine rings is 1. The van der Waals surface area contributed by atoms with Gasteiger partial charge in [0.1, 0.15) is 18.0 Å². The van der Waals surface area contributed by atoms with Crippen LogP contribution in [0.15, 0.2) is 76.3 Å². The smallest absolute Gasteiger partial charge is 0.240 e. The van der Waals surface area contributed by atoms with Crippen LogP contribution in [0.5, 0.6) is 0 Å². The second-order valence-electron chi connectivity index (χ2n) is 6.94. The highest BCUT2D eigenvalue weighted by Crippen LogP contribution is 2.30. The summed E-state index contributed by atoms with van der Waals surface area (Å²) in [4.78, 5) is 35.9. The molecule has 0 bridgehead atoms. The number of nitrogens with zero attached hydrogens (tertiary/aromatic N) is 3. The van der Waals surface area contributed by atoms with E-state index in [4.69, 9.17) is 0 Å². The summed E-state index contributed by atoms with van der Waals surface area (Å²) in [6.07, 6.45) is 1.52. The molecule has 4 rings (SSSR count). The van der Waals surface area contributed by atoms with Crippen molar-refractivity contribution in [3.05, 3.63) is 88.3 Å². The van der Waals surface area contributed by atoms with Gasteiger partial charge in [-0.15, -0.1) is 0 Å². The number of carbonyl (C=O) groups excluding carboxylic acids is 2. The molecule has 0 atom stereocenters. The zero-order valence-electron chi connectivity index (χ0n) is 16.4. The van der Waals surface area contributed by atoms with Gasteiger partial charge in [-0.25, -0.2) is 14.4 Å². The molecule has 0 aliphatic carbocycles. The Hall–Kier alpha value is -3.39. The van der Waals surface area contributed by atoms with Crippen molar-refractivity contribution in [2.75, 3.05) is 11.4 Å². The summed E-state index contributed by atoms with van der Waals surface area (Å²) in [6, 6.07) is 16.8. The predicted octanol–water partition coefficient (Wildman–Crippen LogP) is 4.16. The van der Waals surface area contributed by atoms with Crippen LogP contribution in [0.2, 0.25) is 0 Å². The lowest BCUT2D eigenvalue weighted by molar-refractivity contribution is -0.123. The average molecular weight is 481 g/mol. The molecule has 3 aromatic rings. The quantitative estimate of drug-likeness (QED) is 0.595. The average Bonchev–Trinajstić information content (AvgIpc) is 2.90. The van der Waals surface area contributed by atoms with Gasteiger partial charge in [0.25, 0.3) is 0 Å². The highest BCUT2D eigenvalue weighted by molar-refractivity contribution is 9.10. The number of aromatic nitrogens is 1. The molecule has 1 aliphatic heterocycles. The molecule has 6 nitrogen and oxygen atoms in total. The van der Waals surface area contributed by atoms with Crippen LogP contribution in [-0.4, -0.2) is 29.1 Å². The van der Waals surface area contributed by atoms with E-state index in [0.29, 0.717) is 29.3 Å². The number of nitrogens with one attached hydrogen (secondary N) is 1. The highest BCUT2D eigenvalue weighted by atomic mass is 79.9. The largest absolute Gasteiger partial charge is 0.350 e. The molecule has 0 fully saturated rings. The summed E-state index contributed by atoms with van der Waals surface area (Å²) in [7, 11) is 0. The summed E-state index contributed by atoms with van der Waals surface area (Å²) in [5, 5.41) is 2.84. The molecule has 1 aliphatic rings. The molecule has 0 unspecified atom stereocenters. The first-order valence-corrected chi connectivity index (χ1v) is 10.4. The molecule has 1 aromatic heterocycles. The van der Waals surface area contributed by atoms with Gasteiger partial charge in [0.15, 0.2) is 5.82 Å². The molecular formula is C23H18BrFN4O2. The number of carbonyl (C=O) groups is 2. The minimum atomic E-state index is -0.366. The first kappa shape index (κ1) is 20.9. The van der Waals surface area contributed by atoms with Crippen molar-refractivity contribution in [1.82, 2.24) is 10.3 Å². The van der Waals surface area contributed by atoms with Gasteiger partial charge < -0.3 is 5.32 Å². The Morgan fingerprint density at radius 2 is 1.87 bits per heavy atom. The number of benzene rings is 2. The van der Waals surface area contributed by atoms with Crippen molar-refractivity contribution in [2.24, 2.45) is 4.99 Å². The van der Waals surface area contributed by atoms with E-state index in [9.17, 15) is 14.0 Å². The maximum absolute atomic E-state index is 13.3. The van der Waals surface area contributed by atoms with E-state index in [1.54, 1.807) is 30.5 Å². The first-order valence-electron chi connectivity index (χ1n) is 9.60. The van der Waals surface area contributed by atoms with E-state index in [-0.39, 0.29) is 30.6 Å². The van der Waals surface area contributed by atoms with Gasteiger partial charge in [0.05, 0.1) is 12.1 Å². The molecule has 2 heterocycles. The van der Waals surface area contributed by atoms with Crippen LogP contribution >= 0.6 is 15.9 Å². The fourth-order valence-electron chi connectivity index (χ4n) is 3.23. The van der Waals surface area contributed by atoms with Crippen molar-refractivity contribution in [3.8, 4) is 0 Å². The van der Waals surface area contributed by atoms with Crippen LogP contribution < -0.4 is 10.2 Å². The van der Waals surface area contributed by atoms with Crippen LogP contribution in [0.3, 0.4) is 0 Å². The van der Waals surface area contributed by atoms with Crippen LogP contribution in [0, 0.1) is 5.82 Å². The minimum absolute atomic E-state index is 0.0283. The van der Waals surface area contributed by atoms with Crippen LogP contribution in [0.25, 0.3) is 0 Å². The lowest BCUT2D eigenvalue weighted by Gasteiger charge is -2.20. The van der Waals surface area contributed by atoms with Gasteiger partial charge in [-0.05, 0) is 41.5 Å². The van der Waals surface area contributed by atoms with E-state index in [2.05, 4.69) is 31.2 Å². The van der Waals surface area contributed by atoms with Gasteiger partial charge >= 0.3 is 0 Å². The normalized spacial score (nSPS) is 13.3. The van der Waals surface area contributed by atoms with E-state index in [0.717, 1.165) is 10.0 Å². The first-order chi connectivity index (χ1) is 15.0. The number of amides is 2. The van der Waals surface area contributed by atoms with Gasteiger partial charge in [-0.2, -0.15) is 0 Å². The summed E-state index contributed by atoms with van der Waals surface area (Å²) < 4.78 is 14.2. The Labute approximate surface area is 187 Å². The molecule has 2 aromatic carbocycles. The third kappa shape index (κ3) is 4.86. The second-order valence-corrected chi connectivity index (χ2v) is 7.79. The fraction of sp³-hybridized carbons (Fsp3) is 0.130. The standard InChI is InChI=1S/C23H18BrFN4O2/c24-18-5-2-1-4-16(18)13-27-21(30)14-29-22(31)12-20(15-7-9-17(25)10-8-15)28-19-6-3-11-26-23(19)29/h1-11H,12-14H2,(H,27,30). The number of rotatable bonds is 5. The summed E-state index contributed by atoms with van der Waals surface area (Å²) in [6.45, 7) is 0.147. The molecule has 2 amide bonds. The van der Waals surface area contributed by atoms with Gasteiger partial charge in [-0.1, -0.05) is 46.3 Å². The lowest BCUT2D eigenvalue weighted by Crippen LogP contribution is -2.41. The van der Waals surface area contributed by atoms with Crippen LogP contribution in [0.1, 0.15) is 17.5 Å². The third-order valence-electron chi connectivity index (χ3n) is 4.81. The number of hydrogen-bond donors (Lipinski definition) is 1. The lowest BCUT2D eigenvalue weighted by atomic mass is 10.1. The summed E-state index contributed by atoms with van der Waals surface area (Å²) in [5.74, 6) is -0.669. The number of anilines is 1. The Morgan fingerprint density at radius 1 is 1.10 bits per heavy atom. The zero-order valence-corrected chi connectivity index (χ0v) is 18.0. The molecular weight excluding hydrogens is 463 g/mol. The molecule has 0 spiro atoms. The SMILES string of the molecule is O=C(CN1C(=O)CC(c2ccc(F)cc2)=Nc2cccnc21)NCc1ccccc1Br. The number of halogens is 2. The maximum Gasteiger partial charge on any atom is 0.240 e. The number of aliphatic imine (C=N–C) groups is 1. The van der Waals surface area contributed by atoms with Crippen molar-refractivity contribution < 1.29 is 14.0 Å². The summed E-state index contributed by atoms with van der Waals surface area (Å²) >= 11 is 3.45. The van der Waals surface area contributed by atoms with Crippen molar-refractivity contribution >= 4 is 45.0 Å². The third-order valence-corrected chi connectivity index (χ3v) is 5.58. The Morgan fingerprint density at radius 3 is 2.65 bits per heavy atom. The Kier molecular flexibility index (Phi) is 6.18. The monoisotopic (exact) mass is 480 g/mol. The number of fused-ring (bicyclic) bond motifs is 1. The van der Waals surface area contributed by atoms with Gasteiger partial charge in [-0.3, -0.25) is 14.5 Å². The maximum atomic E-state index is 13.3. The van der Waals surface area contributed by atoms with Crippen molar-refractivity contribution in [3.63, 3.8) is 0 Å². The van der Waals surface area contributed by atoms with Crippen LogP contribution in [0.4, 0.5) is 15.9 Å². The topological polar surface area (TPSA) is 74.7 Å².